The summed E-state index contributed by atoms with van der Waals surface area (Å²) in [6.45, 7) is 4.17. The molecule has 1 aliphatic heterocycles. The van der Waals surface area contributed by atoms with Crippen molar-refractivity contribution in [3.63, 3.8) is 0 Å². The Balaban J connectivity index is 2.03. The van der Waals surface area contributed by atoms with Crippen molar-refractivity contribution in [1.29, 1.82) is 0 Å². The summed E-state index contributed by atoms with van der Waals surface area (Å²) >= 11 is 0. The Morgan fingerprint density at radius 3 is 2.32 bits per heavy atom. The summed E-state index contributed by atoms with van der Waals surface area (Å²) in [6.07, 6.45) is 0.872. The van der Waals surface area contributed by atoms with Gasteiger partial charge in [0, 0.05) is 19.6 Å². The van der Waals surface area contributed by atoms with Crippen molar-refractivity contribution in [3.8, 4) is 0 Å². The van der Waals surface area contributed by atoms with Crippen molar-refractivity contribution in [2.75, 3.05) is 26.8 Å². The molecule has 1 saturated heterocycles. The van der Waals surface area contributed by atoms with Crippen LogP contribution in [0, 0.1) is 5.41 Å². The van der Waals surface area contributed by atoms with Gasteiger partial charge >= 0.3 is 11.9 Å². The van der Waals surface area contributed by atoms with Crippen molar-refractivity contribution in [2.45, 2.75) is 26.3 Å². The molecule has 0 atom stereocenters. The molecular weight excluding hydrogens is 282 g/mol. The van der Waals surface area contributed by atoms with E-state index in [4.69, 9.17) is 9.47 Å². The van der Waals surface area contributed by atoms with Gasteiger partial charge in [0.1, 0.15) is 0 Å². The first-order chi connectivity index (χ1) is 10.6. The Hall–Kier alpha value is -1.88. The van der Waals surface area contributed by atoms with Crippen molar-refractivity contribution in [3.05, 3.63) is 35.9 Å². The summed E-state index contributed by atoms with van der Waals surface area (Å²) in [7, 11) is 1.32. The highest BCUT2D eigenvalue weighted by molar-refractivity contribution is 6.00. The van der Waals surface area contributed by atoms with Crippen LogP contribution >= 0.6 is 0 Å². The average molecular weight is 305 g/mol. The third-order valence-electron chi connectivity index (χ3n) is 4.20. The molecule has 0 aliphatic carbocycles. The number of hydrogen-bond acceptors (Lipinski definition) is 5. The third-order valence-corrected chi connectivity index (χ3v) is 4.20. The predicted molar refractivity (Wildman–Crippen MR) is 82.0 cm³/mol. The molecule has 1 heterocycles. The van der Waals surface area contributed by atoms with E-state index in [9.17, 15) is 9.59 Å². The molecule has 1 fully saturated rings. The van der Waals surface area contributed by atoms with E-state index in [1.54, 1.807) is 6.92 Å². The zero-order valence-corrected chi connectivity index (χ0v) is 13.2. The van der Waals surface area contributed by atoms with Gasteiger partial charge < -0.3 is 9.47 Å². The largest absolute Gasteiger partial charge is 0.468 e. The molecule has 1 aliphatic rings. The second kappa shape index (κ2) is 7.40. The smallest absolute Gasteiger partial charge is 0.323 e. The van der Waals surface area contributed by atoms with Gasteiger partial charge in [-0.25, -0.2) is 0 Å². The highest BCUT2D eigenvalue weighted by atomic mass is 16.6. The van der Waals surface area contributed by atoms with Crippen molar-refractivity contribution >= 4 is 11.9 Å². The number of esters is 2. The summed E-state index contributed by atoms with van der Waals surface area (Å²) in [5.41, 5.74) is 0.0852. The SMILES string of the molecule is CCOC(=O)C1(C(=O)OC)CCN(Cc2ccccc2)CC1. The number of hydrogen-bond donors (Lipinski definition) is 0. The minimum atomic E-state index is -1.14. The number of benzene rings is 1. The Morgan fingerprint density at radius 1 is 1.14 bits per heavy atom. The maximum atomic E-state index is 12.2. The molecule has 0 radical (unpaired) electrons. The standard InChI is InChI=1S/C17H23NO4/c1-3-22-16(20)17(15(19)21-2)9-11-18(12-10-17)13-14-7-5-4-6-8-14/h4-8H,3,9-13H2,1-2H3. The van der Waals surface area contributed by atoms with E-state index in [0.29, 0.717) is 25.9 Å². The molecule has 120 valence electrons. The monoisotopic (exact) mass is 305 g/mol. The number of likely N-dealkylation sites (tertiary alicyclic amines) is 1. The van der Waals surface area contributed by atoms with E-state index < -0.39 is 17.4 Å². The second-order valence-corrected chi connectivity index (χ2v) is 5.56. The molecule has 1 aromatic carbocycles. The number of rotatable bonds is 5. The fraction of sp³-hybridized carbons (Fsp3) is 0.529. The molecule has 0 unspecified atom stereocenters. The maximum Gasteiger partial charge on any atom is 0.323 e. The van der Waals surface area contributed by atoms with Crippen LogP contribution in [0.3, 0.4) is 0 Å². The van der Waals surface area contributed by atoms with Gasteiger partial charge in [-0.3, -0.25) is 14.5 Å². The fourth-order valence-electron chi connectivity index (χ4n) is 2.89. The van der Waals surface area contributed by atoms with Gasteiger partial charge in [0.05, 0.1) is 13.7 Å². The van der Waals surface area contributed by atoms with Crippen LogP contribution in [0.5, 0.6) is 0 Å². The molecule has 0 spiro atoms. The maximum absolute atomic E-state index is 12.2. The van der Waals surface area contributed by atoms with E-state index in [2.05, 4.69) is 17.0 Å². The molecule has 0 N–H and O–H groups in total. The molecule has 0 aromatic heterocycles. The first kappa shape index (κ1) is 16.5. The minimum absolute atomic E-state index is 0.269. The Morgan fingerprint density at radius 2 is 1.77 bits per heavy atom. The number of carbonyl (C=O) groups excluding carboxylic acids is 2. The van der Waals surface area contributed by atoms with E-state index in [1.165, 1.54) is 12.7 Å². The molecule has 5 nitrogen and oxygen atoms in total. The van der Waals surface area contributed by atoms with Gasteiger partial charge in [-0.2, -0.15) is 0 Å². The van der Waals surface area contributed by atoms with Crippen LogP contribution in [0.4, 0.5) is 0 Å². The van der Waals surface area contributed by atoms with Crippen LogP contribution in [0.1, 0.15) is 25.3 Å². The topological polar surface area (TPSA) is 55.8 Å². The normalized spacial score (nSPS) is 17.7. The molecule has 5 heteroatoms. The molecular formula is C17H23NO4. The minimum Gasteiger partial charge on any atom is -0.468 e. The van der Waals surface area contributed by atoms with Gasteiger partial charge in [-0.15, -0.1) is 0 Å². The zero-order chi connectivity index (χ0) is 16.0. The van der Waals surface area contributed by atoms with Gasteiger partial charge in [0.25, 0.3) is 0 Å². The predicted octanol–water partition coefficient (Wildman–Crippen LogP) is 2.00. The molecule has 22 heavy (non-hydrogen) atoms. The van der Waals surface area contributed by atoms with Crippen LogP contribution in [0.25, 0.3) is 0 Å². The molecule has 0 amide bonds. The quantitative estimate of drug-likeness (QED) is 0.615. The molecule has 2 rings (SSSR count). The Kier molecular flexibility index (Phi) is 5.55. The van der Waals surface area contributed by atoms with Crippen molar-refractivity contribution < 1.29 is 19.1 Å². The highest BCUT2D eigenvalue weighted by Crippen LogP contribution is 2.35. The number of methoxy groups -OCH3 is 1. The van der Waals surface area contributed by atoms with Crippen molar-refractivity contribution in [1.82, 2.24) is 4.90 Å². The summed E-state index contributed by atoms with van der Waals surface area (Å²) in [4.78, 5) is 26.6. The average Bonchev–Trinajstić information content (AvgIpc) is 2.56. The molecule has 0 bridgehead atoms. The zero-order valence-electron chi connectivity index (χ0n) is 13.2. The lowest BCUT2D eigenvalue weighted by Gasteiger charge is -2.37. The third kappa shape index (κ3) is 3.47. The van der Waals surface area contributed by atoms with Crippen LogP contribution in [-0.4, -0.2) is 43.6 Å². The summed E-state index contributed by atoms with van der Waals surface area (Å²) in [6, 6.07) is 10.2. The van der Waals surface area contributed by atoms with Crippen LogP contribution in [-0.2, 0) is 25.6 Å². The first-order valence-electron chi connectivity index (χ1n) is 7.64. The van der Waals surface area contributed by atoms with Gasteiger partial charge in [0.15, 0.2) is 5.41 Å². The van der Waals surface area contributed by atoms with E-state index in [0.717, 1.165) is 6.54 Å². The van der Waals surface area contributed by atoms with Gasteiger partial charge in [-0.1, -0.05) is 30.3 Å². The number of nitrogens with zero attached hydrogens (tertiary/aromatic N) is 1. The Bertz CT molecular complexity index is 507. The van der Waals surface area contributed by atoms with Gasteiger partial charge in [-0.05, 0) is 25.3 Å². The Labute approximate surface area is 131 Å². The van der Waals surface area contributed by atoms with Crippen LogP contribution in [0.2, 0.25) is 0 Å². The highest BCUT2D eigenvalue weighted by Gasteiger charge is 2.50. The van der Waals surface area contributed by atoms with E-state index in [1.807, 2.05) is 18.2 Å². The summed E-state index contributed by atoms with van der Waals surface area (Å²) in [5.74, 6) is -0.938. The van der Waals surface area contributed by atoms with E-state index >= 15 is 0 Å². The van der Waals surface area contributed by atoms with Gasteiger partial charge in [0.2, 0.25) is 0 Å². The summed E-state index contributed by atoms with van der Waals surface area (Å²) < 4.78 is 9.96. The summed E-state index contributed by atoms with van der Waals surface area (Å²) in [5, 5.41) is 0. The number of piperidine rings is 1. The second-order valence-electron chi connectivity index (χ2n) is 5.56. The lowest BCUT2D eigenvalue weighted by Crippen LogP contribution is -2.50. The fourth-order valence-corrected chi connectivity index (χ4v) is 2.89. The molecule has 0 saturated carbocycles. The lowest BCUT2D eigenvalue weighted by molar-refractivity contribution is -0.174. The van der Waals surface area contributed by atoms with Crippen molar-refractivity contribution in [2.24, 2.45) is 5.41 Å². The van der Waals surface area contributed by atoms with Crippen LogP contribution in [0.15, 0.2) is 30.3 Å². The van der Waals surface area contributed by atoms with E-state index in [-0.39, 0.29) is 6.61 Å². The number of ether oxygens (including phenoxy) is 2. The molecule has 1 aromatic rings. The number of carbonyl (C=O) groups is 2. The lowest BCUT2D eigenvalue weighted by atomic mass is 9.78. The van der Waals surface area contributed by atoms with Crippen LogP contribution < -0.4 is 0 Å². The first-order valence-corrected chi connectivity index (χ1v) is 7.64.